The van der Waals surface area contributed by atoms with Crippen LogP contribution in [0.2, 0.25) is 0 Å². The number of halogens is 1. The molecular formula is C17H22FN3. The van der Waals surface area contributed by atoms with Crippen molar-refractivity contribution in [3.63, 3.8) is 0 Å². The van der Waals surface area contributed by atoms with Gasteiger partial charge in [-0.15, -0.1) is 0 Å². The monoisotopic (exact) mass is 287 g/mol. The second-order valence-corrected chi connectivity index (χ2v) is 5.82. The molecule has 0 radical (unpaired) electrons. The molecule has 0 saturated heterocycles. The lowest BCUT2D eigenvalue weighted by molar-refractivity contribution is 0.308. The molecule has 0 aliphatic carbocycles. The van der Waals surface area contributed by atoms with Crippen LogP contribution in [0.4, 0.5) is 4.39 Å². The molecule has 0 spiro atoms. The molecule has 3 nitrogen and oxygen atoms in total. The molecule has 0 atom stereocenters. The SMILES string of the molecule is CCCNCc1c2c(nc3c(F)cccc13)CCN(C)C2. The van der Waals surface area contributed by atoms with Crippen LogP contribution in [0.1, 0.15) is 30.2 Å². The maximum atomic E-state index is 14.1. The number of para-hydroxylation sites is 1. The minimum absolute atomic E-state index is 0.217. The maximum Gasteiger partial charge on any atom is 0.149 e. The minimum Gasteiger partial charge on any atom is -0.313 e. The van der Waals surface area contributed by atoms with Crippen molar-refractivity contribution >= 4 is 10.9 Å². The third-order valence-corrected chi connectivity index (χ3v) is 4.16. The average Bonchev–Trinajstić information content (AvgIpc) is 2.48. The summed E-state index contributed by atoms with van der Waals surface area (Å²) in [5, 5.41) is 4.41. The van der Waals surface area contributed by atoms with Gasteiger partial charge in [0, 0.05) is 37.1 Å². The molecule has 0 saturated carbocycles. The Morgan fingerprint density at radius 3 is 3.05 bits per heavy atom. The summed E-state index contributed by atoms with van der Waals surface area (Å²) in [6.45, 7) is 5.80. The zero-order valence-electron chi connectivity index (χ0n) is 12.7. The molecule has 2 heterocycles. The lowest BCUT2D eigenvalue weighted by Gasteiger charge is -2.27. The number of nitrogens with one attached hydrogen (secondary N) is 1. The van der Waals surface area contributed by atoms with Crippen LogP contribution >= 0.6 is 0 Å². The summed E-state index contributed by atoms with van der Waals surface area (Å²) in [7, 11) is 2.13. The van der Waals surface area contributed by atoms with Crippen LogP contribution in [0.5, 0.6) is 0 Å². The second-order valence-electron chi connectivity index (χ2n) is 5.82. The highest BCUT2D eigenvalue weighted by atomic mass is 19.1. The molecule has 4 heteroatoms. The van der Waals surface area contributed by atoms with Gasteiger partial charge >= 0.3 is 0 Å². The summed E-state index contributed by atoms with van der Waals surface area (Å²) in [5.74, 6) is -0.217. The van der Waals surface area contributed by atoms with Crippen molar-refractivity contribution in [1.29, 1.82) is 0 Å². The van der Waals surface area contributed by atoms with Gasteiger partial charge in [-0.2, -0.15) is 0 Å². The van der Waals surface area contributed by atoms with E-state index in [0.29, 0.717) is 5.52 Å². The van der Waals surface area contributed by atoms with Gasteiger partial charge < -0.3 is 10.2 Å². The Hall–Kier alpha value is -1.52. The molecule has 2 aromatic rings. The summed E-state index contributed by atoms with van der Waals surface area (Å²) in [4.78, 5) is 6.91. The number of aromatic nitrogens is 1. The number of hydrogen-bond acceptors (Lipinski definition) is 3. The van der Waals surface area contributed by atoms with Crippen molar-refractivity contribution in [2.24, 2.45) is 0 Å². The topological polar surface area (TPSA) is 28.2 Å². The third-order valence-electron chi connectivity index (χ3n) is 4.16. The molecule has 1 aliphatic heterocycles. The van der Waals surface area contributed by atoms with Crippen LogP contribution in [0.15, 0.2) is 18.2 Å². The van der Waals surface area contributed by atoms with Crippen LogP contribution in [0, 0.1) is 5.82 Å². The van der Waals surface area contributed by atoms with Gasteiger partial charge in [0.1, 0.15) is 11.3 Å². The molecule has 1 aromatic heterocycles. The van der Waals surface area contributed by atoms with Gasteiger partial charge in [-0.3, -0.25) is 0 Å². The summed E-state index contributed by atoms with van der Waals surface area (Å²) in [6.07, 6.45) is 2.00. The summed E-state index contributed by atoms with van der Waals surface area (Å²) >= 11 is 0. The highest BCUT2D eigenvalue weighted by molar-refractivity contribution is 5.84. The van der Waals surface area contributed by atoms with E-state index in [1.807, 2.05) is 6.07 Å². The van der Waals surface area contributed by atoms with Gasteiger partial charge in [-0.1, -0.05) is 19.1 Å². The lowest BCUT2D eigenvalue weighted by atomic mass is 9.95. The van der Waals surface area contributed by atoms with E-state index in [2.05, 4.69) is 29.2 Å². The normalized spacial score (nSPS) is 15.4. The van der Waals surface area contributed by atoms with E-state index in [0.717, 1.165) is 50.1 Å². The van der Waals surface area contributed by atoms with Crippen LogP contribution in [0.3, 0.4) is 0 Å². The maximum absolute atomic E-state index is 14.1. The van der Waals surface area contributed by atoms with Crippen molar-refractivity contribution in [3.8, 4) is 0 Å². The van der Waals surface area contributed by atoms with E-state index < -0.39 is 0 Å². The minimum atomic E-state index is -0.217. The Balaban J connectivity index is 2.14. The highest BCUT2D eigenvalue weighted by Gasteiger charge is 2.21. The largest absolute Gasteiger partial charge is 0.313 e. The third kappa shape index (κ3) is 2.78. The van der Waals surface area contributed by atoms with Gasteiger partial charge in [0.25, 0.3) is 0 Å². The molecule has 0 unspecified atom stereocenters. The van der Waals surface area contributed by atoms with Crippen LogP contribution in [-0.4, -0.2) is 30.0 Å². The Morgan fingerprint density at radius 1 is 1.38 bits per heavy atom. The number of rotatable bonds is 4. The molecule has 0 fully saturated rings. The first-order valence-electron chi connectivity index (χ1n) is 7.68. The van der Waals surface area contributed by atoms with E-state index >= 15 is 0 Å². The number of nitrogens with zero attached hydrogens (tertiary/aromatic N) is 2. The quantitative estimate of drug-likeness (QED) is 0.877. The van der Waals surface area contributed by atoms with E-state index in [1.165, 1.54) is 17.2 Å². The lowest BCUT2D eigenvalue weighted by Crippen LogP contribution is -2.29. The number of pyridine rings is 1. The molecule has 1 aromatic carbocycles. The van der Waals surface area contributed by atoms with Crippen molar-refractivity contribution in [1.82, 2.24) is 15.2 Å². The van der Waals surface area contributed by atoms with Gasteiger partial charge in [0.2, 0.25) is 0 Å². The van der Waals surface area contributed by atoms with Crippen molar-refractivity contribution in [2.75, 3.05) is 20.1 Å². The molecule has 21 heavy (non-hydrogen) atoms. The first-order valence-corrected chi connectivity index (χ1v) is 7.68. The number of benzene rings is 1. The van der Waals surface area contributed by atoms with Gasteiger partial charge in [-0.05, 0) is 37.2 Å². The Labute approximate surface area is 125 Å². The molecular weight excluding hydrogens is 265 g/mol. The van der Waals surface area contributed by atoms with Crippen LogP contribution < -0.4 is 5.32 Å². The summed E-state index contributed by atoms with van der Waals surface area (Å²) in [5.41, 5.74) is 4.09. The van der Waals surface area contributed by atoms with Crippen LogP contribution in [0.25, 0.3) is 10.9 Å². The smallest absolute Gasteiger partial charge is 0.149 e. The van der Waals surface area contributed by atoms with Crippen molar-refractivity contribution in [3.05, 3.63) is 40.8 Å². The molecule has 0 amide bonds. The van der Waals surface area contributed by atoms with Gasteiger partial charge in [0.05, 0.1) is 0 Å². The van der Waals surface area contributed by atoms with E-state index in [9.17, 15) is 4.39 Å². The standard InChI is InChI=1S/C17H22FN3/c1-3-8-19-10-13-12-5-4-6-15(18)17(12)20-16-7-9-21(2)11-14(13)16/h4-6,19H,3,7-11H2,1-2H3. The fourth-order valence-electron chi connectivity index (χ4n) is 3.04. The molecule has 3 rings (SSSR count). The molecule has 1 N–H and O–H groups in total. The molecule has 0 bridgehead atoms. The second kappa shape index (κ2) is 6.08. The molecule has 112 valence electrons. The highest BCUT2D eigenvalue weighted by Crippen LogP contribution is 2.28. The van der Waals surface area contributed by atoms with E-state index in [4.69, 9.17) is 0 Å². The zero-order valence-corrected chi connectivity index (χ0v) is 12.7. The Morgan fingerprint density at radius 2 is 2.24 bits per heavy atom. The van der Waals surface area contributed by atoms with Crippen molar-refractivity contribution in [2.45, 2.75) is 32.9 Å². The summed E-state index contributed by atoms with van der Waals surface area (Å²) < 4.78 is 14.1. The Bertz CT molecular complexity index is 654. The molecule has 1 aliphatic rings. The fourth-order valence-corrected chi connectivity index (χ4v) is 3.04. The van der Waals surface area contributed by atoms with E-state index in [1.54, 1.807) is 6.07 Å². The summed E-state index contributed by atoms with van der Waals surface area (Å²) in [6, 6.07) is 5.27. The average molecular weight is 287 g/mol. The predicted octanol–water partition coefficient (Wildman–Crippen LogP) is 2.86. The van der Waals surface area contributed by atoms with Crippen LogP contribution in [-0.2, 0) is 19.5 Å². The first kappa shape index (κ1) is 14.4. The number of likely N-dealkylation sites (N-methyl/N-ethyl adjacent to an activating group) is 1. The van der Waals surface area contributed by atoms with E-state index in [-0.39, 0.29) is 5.82 Å². The number of fused-ring (bicyclic) bond motifs is 2. The van der Waals surface area contributed by atoms with Gasteiger partial charge in [0.15, 0.2) is 0 Å². The van der Waals surface area contributed by atoms with Crippen molar-refractivity contribution < 1.29 is 4.39 Å². The first-order chi connectivity index (χ1) is 10.2. The predicted molar refractivity (Wildman–Crippen MR) is 83.7 cm³/mol. The number of hydrogen-bond donors (Lipinski definition) is 1. The van der Waals surface area contributed by atoms with Gasteiger partial charge in [-0.25, -0.2) is 9.37 Å². The zero-order chi connectivity index (χ0) is 14.8. The fraction of sp³-hybridized carbons (Fsp3) is 0.471. The Kier molecular flexibility index (Phi) is 4.17.